The van der Waals surface area contributed by atoms with E-state index in [4.69, 9.17) is 16.3 Å². The van der Waals surface area contributed by atoms with Gasteiger partial charge in [0.2, 0.25) is 10.9 Å². The topological polar surface area (TPSA) is 26.3 Å². The molecule has 2 rings (SSSR count). The molecule has 14 heavy (non-hydrogen) atoms. The summed E-state index contributed by atoms with van der Waals surface area (Å²) in [6, 6.07) is 4.80. The minimum absolute atomic E-state index is 0.0834. The number of hydrogen-bond acceptors (Lipinski definition) is 2. The number of rotatable bonds is 1. The Hall–Kier alpha value is -1.09. The molecule has 1 aliphatic carbocycles. The molecule has 0 aliphatic heterocycles. The molecule has 1 unspecified atom stereocenters. The van der Waals surface area contributed by atoms with Gasteiger partial charge in [0.25, 0.3) is 0 Å². The van der Waals surface area contributed by atoms with Gasteiger partial charge in [0.1, 0.15) is 5.75 Å². The van der Waals surface area contributed by atoms with Gasteiger partial charge in [-0.2, -0.15) is 0 Å². The molecule has 74 valence electrons. The van der Waals surface area contributed by atoms with Crippen molar-refractivity contribution >= 4 is 17.4 Å². The van der Waals surface area contributed by atoms with Gasteiger partial charge in [-0.25, -0.2) is 4.39 Å². The third-order valence-corrected chi connectivity index (χ3v) is 2.61. The van der Waals surface area contributed by atoms with Gasteiger partial charge in [0.15, 0.2) is 0 Å². The summed E-state index contributed by atoms with van der Waals surface area (Å²) in [4.78, 5) is 11.4. The Balaban J connectivity index is 2.49. The number of carbonyl (C=O) groups excluding carboxylic acids is 1. The molecule has 0 spiro atoms. The summed E-state index contributed by atoms with van der Waals surface area (Å²) < 4.78 is 18.4. The van der Waals surface area contributed by atoms with E-state index in [1.165, 1.54) is 7.11 Å². The Bertz CT molecular complexity index is 401. The number of ketones is 1. The lowest BCUT2D eigenvalue weighted by atomic mass is 10.1. The molecule has 1 atom stereocenters. The molecular weight excluding hydrogens is 207 g/mol. The highest BCUT2D eigenvalue weighted by atomic mass is 35.5. The van der Waals surface area contributed by atoms with Gasteiger partial charge in [-0.3, -0.25) is 4.79 Å². The molecule has 0 aromatic heterocycles. The first-order valence-electron chi connectivity index (χ1n) is 4.14. The van der Waals surface area contributed by atoms with E-state index < -0.39 is 10.9 Å². The quantitative estimate of drug-likeness (QED) is 0.671. The maximum atomic E-state index is 13.4. The highest BCUT2D eigenvalue weighted by molar-refractivity contribution is 6.38. The van der Waals surface area contributed by atoms with Gasteiger partial charge >= 0.3 is 0 Å². The zero-order valence-electron chi connectivity index (χ0n) is 7.51. The second-order valence-electron chi connectivity index (χ2n) is 3.23. The highest BCUT2D eigenvalue weighted by Crippen LogP contribution is 2.37. The summed E-state index contributed by atoms with van der Waals surface area (Å²) in [5, 5.41) is -2.27. The van der Waals surface area contributed by atoms with Gasteiger partial charge < -0.3 is 4.74 Å². The Morgan fingerprint density at radius 2 is 2.29 bits per heavy atom. The van der Waals surface area contributed by atoms with Crippen molar-refractivity contribution in [3.63, 3.8) is 0 Å². The van der Waals surface area contributed by atoms with Crippen LogP contribution in [0.2, 0.25) is 0 Å². The average Bonchev–Trinajstić information content (AvgIpc) is 2.37. The van der Waals surface area contributed by atoms with Crippen molar-refractivity contribution in [3.05, 3.63) is 29.3 Å². The summed E-state index contributed by atoms with van der Waals surface area (Å²) in [5.74, 6) is -0.0530. The normalized spacial score (nSPS) is 24.9. The fourth-order valence-electron chi connectivity index (χ4n) is 1.58. The van der Waals surface area contributed by atoms with Gasteiger partial charge in [-0.1, -0.05) is 11.6 Å². The molecule has 4 heteroatoms. The van der Waals surface area contributed by atoms with Crippen molar-refractivity contribution in [2.45, 2.75) is 11.5 Å². The van der Waals surface area contributed by atoms with Crippen molar-refractivity contribution in [2.75, 3.05) is 7.11 Å². The Labute approximate surface area is 85.6 Å². The molecule has 0 saturated carbocycles. The van der Waals surface area contributed by atoms with Crippen molar-refractivity contribution in [3.8, 4) is 5.75 Å². The molecule has 1 aliphatic rings. The van der Waals surface area contributed by atoms with Crippen LogP contribution in [0.3, 0.4) is 0 Å². The highest BCUT2D eigenvalue weighted by Gasteiger charge is 2.44. The predicted molar refractivity (Wildman–Crippen MR) is 50.7 cm³/mol. The summed E-state index contributed by atoms with van der Waals surface area (Å²) in [5.41, 5.74) is 0.954. The van der Waals surface area contributed by atoms with Crippen LogP contribution in [-0.4, -0.2) is 18.0 Å². The van der Waals surface area contributed by atoms with Crippen LogP contribution in [0, 0.1) is 0 Å². The van der Waals surface area contributed by atoms with E-state index in [2.05, 4.69) is 0 Å². The number of ether oxygens (including phenoxy) is 1. The van der Waals surface area contributed by atoms with Crippen molar-refractivity contribution in [2.24, 2.45) is 0 Å². The molecule has 1 aromatic carbocycles. The molecule has 0 saturated heterocycles. The zero-order valence-corrected chi connectivity index (χ0v) is 8.27. The lowest BCUT2D eigenvalue weighted by molar-refractivity contribution is 0.0855. The zero-order chi connectivity index (χ0) is 10.3. The molecule has 0 N–H and O–H groups in total. The number of benzene rings is 1. The van der Waals surface area contributed by atoms with Crippen molar-refractivity contribution < 1.29 is 13.9 Å². The molecular formula is C10H8ClFO2. The van der Waals surface area contributed by atoms with E-state index in [0.717, 1.165) is 0 Å². The monoisotopic (exact) mass is 214 g/mol. The van der Waals surface area contributed by atoms with Gasteiger partial charge in [-0.05, 0) is 23.8 Å². The fourth-order valence-corrected chi connectivity index (χ4v) is 1.83. The van der Waals surface area contributed by atoms with Crippen LogP contribution >= 0.6 is 11.6 Å². The Morgan fingerprint density at radius 1 is 1.57 bits per heavy atom. The van der Waals surface area contributed by atoms with Crippen LogP contribution in [-0.2, 0) is 6.42 Å². The minimum Gasteiger partial charge on any atom is -0.497 e. The summed E-state index contributed by atoms with van der Waals surface area (Å²) >= 11 is 5.42. The Morgan fingerprint density at radius 3 is 2.93 bits per heavy atom. The van der Waals surface area contributed by atoms with Crippen molar-refractivity contribution in [1.29, 1.82) is 0 Å². The molecule has 0 radical (unpaired) electrons. The van der Waals surface area contributed by atoms with E-state index in [1.807, 2.05) is 0 Å². The van der Waals surface area contributed by atoms with E-state index in [-0.39, 0.29) is 6.42 Å². The number of carbonyl (C=O) groups is 1. The lowest BCUT2D eigenvalue weighted by Gasteiger charge is -2.04. The maximum Gasteiger partial charge on any atom is 0.249 e. The number of Topliss-reactive ketones (excluding diaryl/α,β-unsaturated/α-hetero) is 1. The first-order chi connectivity index (χ1) is 6.54. The number of methoxy groups -OCH3 is 1. The Kier molecular flexibility index (Phi) is 2.00. The minimum atomic E-state index is -2.27. The summed E-state index contributed by atoms with van der Waals surface area (Å²) in [6.07, 6.45) is -0.0834. The number of fused-ring (bicyclic) bond motifs is 1. The van der Waals surface area contributed by atoms with Crippen LogP contribution in [0.5, 0.6) is 5.75 Å². The van der Waals surface area contributed by atoms with Gasteiger partial charge in [0.05, 0.1) is 7.11 Å². The second-order valence-corrected chi connectivity index (χ2v) is 3.83. The molecule has 0 fully saturated rings. The summed E-state index contributed by atoms with van der Waals surface area (Å²) in [7, 11) is 1.52. The van der Waals surface area contributed by atoms with Crippen LogP contribution < -0.4 is 4.74 Å². The number of hydrogen-bond donors (Lipinski definition) is 0. The smallest absolute Gasteiger partial charge is 0.249 e. The maximum absolute atomic E-state index is 13.4. The van der Waals surface area contributed by atoms with Gasteiger partial charge in [0, 0.05) is 12.0 Å². The first-order valence-corrected chi connectivity index (χ1v) is 4.52. The van der Waals surface area contributed by atoms with Crippen LogP contribution in [0.25, 0.3) is 0 Å². The van der Waals surface area contributed by atoms with Crippen LogP contribution in [0.15, 0.2) is 18.2 Å². The van der Waals surface area contributed by atoms with Gasteiger partial charge in [-0.15, -0.1) is 0 Å². The molecule has 0 amide bonds. The second kappa shape index (κ2) is 2.95. The van der Waals surface area contributed by atoms with E-state index in [0.29, 0.717) is 16.9 Å². The molecule has 0 bridgehead atoms. The largest absolute Gasteiger partial charge is 0.497 e. The van der Waals surface area contributed by atoms with Crippen LogP contribution in [0.4, 0.5) is 4.39 Å². The third kappa shape index (κ3) is 1.28. The number of halogens is 2. The van der Waals surface area contributed by atoms with E-state index >= 15 is 0 Å². The summed E-state index contributed by atoms with van der Waals surface area (Å²) in [6.45, 7) is 0. The average molecular weight is 215 g/mol. The molecule has 2 nitrogen and oxygen atoms in total. The third-order valence-electron chi connectivity index (χ3n) is 2.30. The van der Waals surface area contributed by atoms with E-state index in [1.54, 1.807) is 18.2 Å². The van der Waals surface area contributed by atoms with Crippen LogP contribution in [0.1, 0.15) is 15.9 Å². The molecule has 1 aromatic rings. The lowest BCUT2D eigenvalue weighted by Crippen LogP contribution is -2.22. The first kappa shape index (κ1) is 9.46. The fraction of sp³-hybridized carbons (Fsp3) is 0.300. The SMILES string of the molecule is COc1ccc2c(c1)CC(F)(Cl)C2=O. The van der Waals surface area contributed by atoms with Crippen molar-refractivity contribution in [1.82, 2.24) is 0 Å². The predicted octanol–water partition coefficient (Wildman–Crippen LogP) is 2.34. The number of alkyl halides is 2. The molecule has 0 heterocycles. The standard InChI is InChI=1S/C10H8ClFO2/c1-14-7-2-3-8-6(4-7)5-10(11,12)9(8)13/h2-4H,5H2,1H3. The van der Waals surface area contributed by atoms with E-state index in [9.17, 15) is 9.18 Å².